The second kappa shape index (κ2) is 12.3. The SMILES string of the molecule is [CH2]N=CC1=C(NC=NC2CCC(C3CCOCC3)CC2)N(c2cccc(CNC)n2)[C@@H]2CC(C)(C)OCC12. The third kappa shape index (κ3) is 6.13. The van der Waals surface area contributed by atoms with Gasteiger partial charge in [-0.2, -0.15) is 0 Å². The number of fused-ring (bicyclic) bond motifs is 1. The van der Waals surface area contributed by atoms with E-state index in [-0.39, 0.29) is 17.6 Å². The Morgan fingerprint density at radius 1 is 1.13 bits per heavy atom. The zero-order chi connectivity index (χ0) is 26.5. The van der Waals surface area contributed by atoms with Gasteiger partial charge in [0.05, 0.1) is 37.3 Å². The van der Waals surface area contributed by atoms with Crippen LogP contribution in [-0.2, 0) is 16.0 Å². The minimum Gasteiger partial charge on any atom is -0.381 e. The van der Waals surface area contributed by atoms with Crippen molar-refractivity contribution in [2.75, 3.05) is 31.8 Å². The molecular weight excluding hydrogens is 476 g/mol. The number of aromatic nitrogens is 1. The van der Waals surface area contributed by atoms with E-state index in [1.165, 1.54) is 25.7 Å². The van der Waals surface area contributed by atoms with E-state index in [1.807, 2.05) is 19.6 Å². The molecule has 1 saturated carbocycles. The number of hydrogen-bond acceptors (Lipinski definition) is 7. The van der Waals surface area contributed by atoms with Gasteiger partial charge in [-0.05, 0) is 89.8 Å². The maximum absolute atomic E-state index is 6.27. The molecule has 1 aromatic heterocycles. The highest BCUT2D eigenvalue weighted by Crippen LogP contribution is 2.43. The fourth-order valence-electron chi connectivity index (χ4n) is 6.87. The Morgan fingerprint density at radius 2 is 1.89 bits per heavy atom. The number of aliphatic imine (C=N–C) groups is 2. The summed E-state index contributed by atoms with van der Waals surface area (Å²) in [6.45, 7) is 7.59. The number of nitrogens with one attached hydrogen (secondary N) is 2. The number of rotatable bonds is 8. The largest absolute Gasteiger partial charge is 0.381 e. The summed E-state index contributed by atoms with van der Waals surface area (Å²) >= 11 is 0. The molecule has 2 atom stereocenters. The summed E-state index contributed by atoms with van der Waals surface area (Å²) in [5.41, 5.74) is 1.92. The van der Waals surface area contributed by atoms with E-state index < -0.39 is 0 Å². The smallest absolute Gasteiger partial charge is 0.134 e. The Morgan fingerprint density at radius 3 is 2.63 bits per heavy atom. The number of nitrogens with zero attached hydrogens (tertiary/aromatic N) is 4. The molecule has 4 heterocycles. The summed E-state index contributed by atoms with van der Waals surface area (Å²) in [6.07, 6.45) is 12.0. The Bertz CT molecular complexity index is 1020. The van der Waals surface area contributed by atoms with E-state index in [2.05, 4.69) is 59.6 Å². The van der Waals surface area contributed by atoms with Crippen molar-refractivity contribution in [3.63, 3.8) is 0 Å². The Kier molecular flexibility index (Phi) is 8.81. The Labute approximate surface area is 228 Å². The van der Waals surface area contributed by atoms with Gasteiger partial charge in [0.1, 0.15) is 11.6 Å². The van der Waals surface area contributed by atoms with Crippen LogP contribution in [-0.4, -0.2) is 62.1 Å². The first kappa shape index (κ1) is 27.3. The van der Waals surface area contributed by atoms with Crippen LogP contribution in [0.3, 0.4) is 0 Å². The molecule has 0 spiro atoms. The van der Waals surface area contributed by atoms with Crippen LogP contribution in [0.5, 0.6) is 0 Å². The van der Waals surface area contributed by atoms with E-state index in [0.717, 1.165) is 73.8 Å². The summed E-state index contributed by atoms with van der Waals surface area (Å²) in [4.78, 5) is 16.5. The quantitative estimate of drug-likeness (QED) is 0.388. The molecule has 0 aromatic carbocycles. The van der Waals surface area contributed by atoms with Gasteiger partial charge in [0.25, 0.3) is 0 Å². The highest BCUT2D eigenvalue weighted by Gasteiger charge is 2.47. The van der Waals surface area contributed by atoms with Gasteiger partial charge >= 0.3 is 0 Å². The standard InChI is InChI=1S/C30H45N6O2/c1-30(2)16-27-26(19-38-30)25(18-32-4)29(36(27)28-7-5-6-24(35-28)17-31-3)34-20-33-23-10-8-21(9-11-23)22-12-14-37-15-13-22/h5-7,18,20-23,26-27,31H,4,8-17,19H2,1-3H3,(H,33,34)/t21?,23?,26?,27-/m1/s1. The topological polar surface area (TPSA) is 83.4 Å². The second-order valence-electron chi connectivity index (χ2n) is 11.9. The molecule has 3 aliphatic heterocycles. The van der Waals surface area contributed by atoms with E-state index in [4.69, 9.17) is 19.5 Å². The monoisotopic (exact) mass is 521 g/mol. The van der Waals surface area contributed by atoms with Gasteiger partial charge in [-0.25, -0.2) is 4.98 Å². The summed E-state index contributed by atoms with van der Waals surface area (Å²) in [5.74, 6) is 3.80. The highest BCUT2D eigenvalue weighted by molar-refractivity contribution is 5.85. The molecular formula is C30H45N6O2. The van der Waals surface area contributed by atoms with Crippen LogP contribution < -0.4 is 15.5 Å². The van der Waals surface area contributed by atoms with Gasteiger partial charge in [0.2, 0.25) is 0 Å². The maximum Gasteiger partial charge on any atom is 0.134 e. The predicted molar refractivity (Wildman–Crippen MR) is 153 cm³/mol. The first-order valence-corrected chi connectivity index (χ1v) is 14.4. The molecule has 5 rings (SSSR count). The van der Waals surface area contributed by atoms with Crippen molar-refractivity contribution in [3.05, 3.63) is 42.3 Å². The van der Waals surface area contributed by atoms with Crippen LogP contribution in [0.25, 0.3) is 0 Å². The van der Waals surface area contributed by atoms with Crippen molar-refractivity contribution in [1.82, 2.24) is 15.6 Å². The molecule has 1 unspecified atom stereocenters. The van der Waals surface area contributed by atoms with Crippen LogP contribution in [0.2, 0.25) is 0 Å². The lowest BCUT2D eigenvalue weighted by Gasteiger charge is -2.41. The van der Waals surface area contributed by atoms with Gasteiger partial charge in [-0.3, -0.25) is 9.98 Å². The van der Waals surface area contributed by atoms with Crippen LogP contribution in [0.4, 0.5) is 5.82 Å². The van der Waals surface area contributed by atoms with Crippen molar-refractivity contribution in [3.8, 4) is 0 Å². The van der Waals surface area contributed by atoms with Crippen LogP contribution in [0.15, 0.2) is 39.6 Å². The molecule has 1 aliphatic carbocycles. The first-order valence-electron chi connectivity index (χ1n) is 14.4. The number of anilines is 1. The van der Waals surface area contributed by atoms with Crippen molar-refractivity contribution >= 4 is 18.4 Å². The molecule has 1 aromatic rings. The van der Waals surface area contributed by atoms with Crippen LogP contribution in [0, 0.1) is 24.8 Å². The minimum absolute atomic E-state index is 0.189. The molecule has 38 heavy (non-hydrogen) atoms. The van der Waals surface area contributed by atoms with Gasteiger partial charge in [0.15, 0.2) is 0 Å². The maximum atomic E-state index is 6.27. The van der Waals surface area contributed by atoms with E-state index in [0.29, 0.717) is 12.6 Å². The lowest BCUT2D eigenvalue weighted by Crippen LogP contribution is -2.49. The molecule has 2 saturated heterocycles. The Balaban J connectivity index is 1.34. The molecule has 207 valence electrons. The number of pyridine rings is 1. The van der Waals surface area contributed by atoms with E-state index >= 15 is 0 Å². The molecule has 0 amide bonds. The fraction of sp³-hybridized carbons (Fsp3) is 0.667. The molecule has 3 fully saturated rings. The van der Waals surface area contributed by atoms with Crippen molar-refractivity contribution < 1.29 is 9.47 Å². The van der Waals surface area contributed by atoms with Crippen LogP contribution in [0.1, 0.15) is 64.5 Å². The van der Waals surface area contributed by atoms with E-state index in [1.54, 1.807) is 0 Å². The fourth-order valence-corrected chi connectivity index (χ4v) is 6.87. The molecule has 1 radical (unpaired) electrons. The van der Waals surface area contributed by atoms with Crippen molar-refractivity contribution in [2.24, 2.45) is 27.7 Å². The number of ether oxygens (including phenoxy) is 2. The van der Waals surface area contributed by atoms with Crippen molar-refractivity contribution in [2.45, 2.75) is 83.0 Å². The van der Waals surface area contributed by atoms with Crippen molar-refractivity contribution in [1.29, 1.82) is 0 Å². The van der Waals surface area contributed by atoms with Gasteiger partial charge in [-0.15, -0.1) is 0 Å². The zero-order valence-corrected chi connectivity index (χ0v) is 23.4. The predicted octanol–water partition coefficient (Wildman–Crippen LogP) is 4.48. The zero-order valence-electron chi connectivity index (χ0n) is 23.4. The highest BCUT2D eigenvalue weighted by atomic mass is 16.5. The second-order valence-corrected chi connectivity index (χ2v) is 11.9. The summed E-state index contributed by atoms with van der Waals surface area (Å²) in [6, 6.07) is 6.84. The first-order chi connectivity index (χ1) is 18.5. The molecule has 4 aliphatic rings. The average molecular weight is 522 g/mol. The normalized spacial score (nSPS) is 30.4. The molecule has 0 bridgehead atoms. The molecule has 2 N–H and O–H groups in total. The summed E-state index contributed by atoms with van der Waals surface area (Å²) < 4.78 is 11.8. The molecule has 8 nitrogen and oxygen atoms in total. The van der Waals surface area contributed by atoms with Gasteiger partial charge < -0.3 is 25.0 Å². The summed E-state index contributed by atoms with van der Waals surface area (Å²) in [5, 5.41) is 6.81. The lowest BCUT2D eigenvalue weighted by atomic mass is 9.75. The van der Waals surface area contributed by atoms with Gasteiger partial charge in [0, 0.05) is 43.5 Å². The van der Waals surface area contributed by atoms with Gasteiger partial charge in [-0.1, -0.05) is 6.07 Å². The third-order valence-corrected chi connectivity index (χ3v) is 8.85. The summed E-state index contributed by atoms with van der Waals surface area (Å²) in [7, 11) is 5.72. The number of hydrogen-bond donors (Lipinski definition) is 2. The van der Waals surface area contributed by atoms with E-state index in [9.17, 15) is 0 Å². The minimum atomic E-state index is -0.207. The molecule has 8 heteroatoms. The van der Waals surface area contributed by atoms with Crippen LogP contribution >= 0.6 is 0 Å². The lowest BCUT2D eigenvalue weighted by molar-refractivity contribution is -0.0736. The average Bonchev–Trinajstić information content (AvgIpc) is 3.21. The Hall–Kier alpha value is -2.29. The third-order valence-electron chi connectivity index (χ3n) is 8.85.